The summed E-state index contributed by atoms with van der Waals surface area (Å²) in [5.74, 6) is 2.51. The van der Waals surface area contributed by atoms with E-state index in [9.17, 15) is 4.79 Å². The van der Waals surface area contributed by atoms with Gasteiger partial charge in [0.25, 0.3) is 0 Å². The first-order chi connectivity index (χ1) is 10.1. The number of carbonyl (C=O) groups excluding carboxylic acids is 1. The number of hydrogen-bond acceptors (Lipinski definition) is 5. The molecule has 1 aromatic rings. The van der Waals surface area contributed by atoms with Crippen LogP contribution in [0.3, 0.4) is 0 Å². The molecule has 0 heterocycles. The van der Waals surface area contributed by atoms with Crippen LogP contribution < -0.4 is 10.5 Å². The van der Waals surface area contributed by atoms with E-state index in [4.69, 9.17) is 15.2 Å². The summed E-state index contributed by atoms with van der Waals surface area (Å²) in [6, 6.07) is 7.80. The SMILES string of the molecule is COC(=O)CC1(CSCC(N)c2ccccc2OC)CC1. The van der Waals surface area contributed by atoms with Crippen LogP contribution in [0.25, 0.3) is 0 Å². The van der Waals surface area contributed by atoms with Gasteiger partial charge in [0.2, 0.25) is 0 Å². The minimum atomic E-state index is -0.109. The average Bonchev–Trinajstić information content (AvgIpc) is 3.26. The summed E-state index contributed by atoms with van der Waals surface area (Å²) in [5.41, 5.74) is 7.44. The van der Waals surface area contributed by atoms with Gasteiger partial charge in [-0.1, -0.05) is 18.2 Å². The lowest BCUT2D eigenvalue weighted by atomic mass is 10.1. The third-order valence-electron chi connectivity index (χ3n) is 3.95. The van der Waals surface area contributed by atoms with Gasteiger partial charge in [0.1, 0.15) is 5.75 Å². The molecule has 0 spiro atoms. The number of esters is 1. The molecule has 116 valence electrons. The lowest BCUT2D eigenvalue weighted by molar-refractivity contribution is -0.141. The van der Waals surface area contributed by atoms with Crippen molar-refractivity contribution in [3.8, 4) is 5.75 Å². The maximum Gasteiger partial charge on any atom is 0.306 e. The summed E-state index contributed by atoms with van der Waals surface area (Å²) < 4.78 is 10.1. The molecule has 1 atom stereocenters. The number of nitrogens with two attached hydrogens (primary N) is 1. The molecule has 1 fully saturated rings. The molecule has 5 heteroatoms. The molecule has 0 radical (unpaired) electrons. The molecule has 0 amide bonds. The zero-order chi connectivity index (χ0) is 15.3. The van der Waals surface area contributed by atoms with Crippen LogP contribution in [-0.2, 0) is 9.53 Å². The molecule has 2 rings (SSSR count). The van der Waals surface area contributed by atoms with Gasteiger partial charge in [0.15, 0.2) is 0 Å². The van der Waals surface area contributed by atoms with Crippen LogP contribution in [0, 0.1) is 5.41 Å². The molecule has 1 aromatic carbocycles. The topological polar surface area (TPSA) is 61.5 Å². The molecule has 4 nitrogen and oxygen atoms in total. The quantitative estimate of drug-likeness (QED) is 0.748. The van der Waals surface area contributed by atoms with Gasteiger partial charge in [-0.15, -0.1) is 0 Å². The van der Waals surface area contributed by atoms with Crippen molar-refractivity contribution < 1.29 is 14.3 Å². The van der Waals surface area contributed by atoms with E-state index >= 15 is 0 Å². The van der Waals surface area contributed by atoms with Gasteiger partial charge in [0, 0.05) is 17.4 Å². The number of benzene rings is 1. The van der Waals surface area contributed by atoms with Crippen molar-refractivity contribution in [1.82, 2.24) is 0 Å². The Morgan fingerprint density at radius 3 is 2.71 bits per heavy atom. The molecule has 0 bridgehead atoms. The number of methoxy groups -OCH3 is 2. The minimum Gasteiger partial charge on any atom is -0.496 e. The monoisotopic (exact) mass is 309 g/mol. The largest absolute Gasteiger partial charge is 0.496 e. The number of thioether (sulfide) groups is 1. The Hall–Kier alpha value is -1.20. The number of para-hydroxylation sites is 1. The maximum atomic E-state index is 11.4. The zero-order valence-electron chi connectivity index (χ0n) is 12.6. The maximum absolute atomic E-state index is 11.4. The Bertz CT molecular complexity index is 488. The van der Waals surface area contributed by atoms with E-state index in [1.54, 1.807) is 7.11 Å². The van der Waals surface area contributed by atoms with E-state index in [2.05, 4.69) is 0 Å². The van der Waals surface area contributed by atoms with Crippen LogP contribution >= 0.6 is 11.8 Å². The van der Waals surface area contributed by atoms with Crippen molar-refractivity contribution in [1.29, 1.82) is 0 Å². The Morgan fingerprint density at radius 1 is 1.38 bits per heavy atom. The molecule has 2 N–H and O–H groups in total. The molecule has 0 aliphatic heterocycles. The predicted octanol–water partition coefficient (Wildman–Crippen LogP) is 2.77. The number of ether oxygens (including phenoxy) is 2. The fraction of sp³-hybridized carbons (Fsp3) is 0.562. The van der Waals surface area contributed by atoms with Gasteiger partial charge in [-0.3, -0.25) is 4.79 Å². The van der Waals surface area contributed by atoms with E-state index < -0.39 is 0 Å². The summed E-state index contributed by atoms with van der Waals surface area (Å²) >= 11 is 1.81. The van der Waals surface area contributed by atoms with Crippen LogP contribution in [0.2, 0.25) is 0 Å². The number of rotatable bonds is 8. The highest BCUT2D eigenvalue weighted by Crippen LogP contribution is 2.51. The molecule has 0 saturated heterocycles. The van der Waals surface area contributed by atoms with Crippen LogP contribution in [0.5, 0.6) is 5.75 Å². The average molecular weight is 309 g/mol. The fourth-order valence-corrected chi connectivity index (χ4v) is 3.77. The van der Waals surface area contributed by atoms with E-state index in [-0.39, 0.29) is 17.4 Å². The summed E-state index contributed by atoms with van der Waals surface area (Å²) in [6.07, 6.45) is 2.75. The van der Waals surface area contributed by atoms with Crippen LogP contribution in [-0.4, -0.2) is 31.7 Å². The summed E-state index contributed by atoms with van der Waals surface area (Å²) in [5, 5.41) is 0. The standard InChI is InChI=1S/C16H23NO3S/c1-19-14-6-4-3-5-12(14)13(17)10-21-11-16(7-8-16)9-15(18)20-2/h3-6,13H,7-11,17H2,1-2H3. The van der Waals surface area contributed by atoms with Gasteiger partial charge in [0.05, 0.1) is 20.6 Å². The highest BCUT2D eigenvalue weighted by Gasteiger charge is 2.44. The second-order valence-electron chi connectivity index (χ2n) is 5.62. The van der Waals surface area contributed by atoms with E-state index in [1.165, 1.54) is 7.11 Å². The second-order valence-corrected chi connectivity index (χ2v) is 6.65. The van der Waals surface area contributed by atoms with E-state index in [0.717, 1.165) is 35.7 Å². The van der Waals surface area contributed by atoms with Crippen molar-refractivity contribution in [2.75, 3.05) is 25.7 Å². The van der Waals surface area contributed by atoms with Crippen LogP contribution in [0.1, 0.15) is 30.9 Å². The Balaban J connectivity index is 1.82. The van der Waals surface area contributed by atoms with Crippen molar-refractivity contribution in [2.24, 2.45) is 11.1 Å². The van der Waals surface area contributed by atoms with Gasteiger partial charge < -0.3 is 15.2 Å². The Morgan fingerprint density at radius 2 is 2.10 bits per heavy atom. The number of carbonyl (C=O) groups is 1. The van der Waals surface area contributed by atoms with Crippen LogP contribution in [0.15, 0.2) is 24.3 Å². The van der Waals surface area contributed by atoms with Crippen molar-refractivity contribution >= 4 is 17.7 Å². The first-order valence-electron chi connectivity index (χ1n) is 7.13. The molecular formula is C16H23NO3S. The molecule has 21 heavy (non-hydrogen) atoms. The Labute approximate surface area is 130 Å². The Kier molecular flexibility index (Phi) is 5.53. The third kappa shape index (κ3) is 4.38. The van der Waals surface area contributed by atoms with E-state index in [0.29, 0.717) is 6.42 Å². The first kappa shape index (κ1) is 16.2. The molecule has 1 aliphatic carbocycles. The van der Waals surface area contributed by atoms with E-state index in [1.807, 2.05) is 36.0 Å². The summed E-state index contributed by atoms with van der Waals surface area (Å²) in [7, 11) is 3.11. The molecule has 1 saturated carbocycles. The highest BCUT2D eigenvalue weighted by molar-refractivity contribution is 7.99. The second kappa shape index (κ2) is 7.18. The molecule has 0 aromatic heterocycles. The minimum absolute atomic E-state index is 0.0555. The molecule has 1 unspecified atom stereocenters. The summed E-state index contributed by atoms with van der Waals surface area (Å²) in [6.45, 7) is 0. The summed E-state index contributed by atoms with van der Waals surface area (Å²) in [4.78, 5) is 11.4. The van der Waals surface area contributed by atoms with Crippen molar-refractivity contribution in [3.63, 3.8) is 0 Å². The van der Waals surface area contributed by atoms with Gasteiger partial charge in [-0.25, -0.2) is 0 Å². The fourth-order valence-electron chi connectivity index (χ4n) is 2.39. The van der Waals surface area contributed by atoms with Gasteiger partial charge >= 0.3 is 5.97 Å². The van der Waals surface area contributed by atoms with Gasteiger partial charge in [-0.05, 0) is 30.1 Å². The lowest BCUT2D eigenvalue weighted by Crippen LogP contribution is -2.17. The smallest absolute Gasteiger partial charge is 0.306 e. The normalized spacial score (nSPS) is 17.1. The number of hydrogen-bond donors (Lipinski definition) is 1. The van der Waals surface area contributed by atoms with Crippen molar-refractivity contribution in [3.05, 3.63) is 29.8 Å². The van der Waals surface area contributed by atoms with Gasteiger partial charge in [-0.2, -0.15) is 11.8 Å². The highest BCUT2D eigenvalue weighted by atomic mass is 32.2. The predicted molar refractivity (Wildman–Crippen MR) is 85.5 cm³/mol. The van der Waals surface area contributed by atoms with Crippen molar-refractivity contribution in [2.45, 2.75) is 25.3 Å². The lowest BCUT2D eigenvalue weighted by Gasteiger charge is -2.17. The third-order valence-corrected chi connectivity index (χ3v) is 5.36. The van der Waals surface area contributed by atoms with Crippen LogP contribution in [0.4, 0.5) is 0 Å². The molecular weight excluding hydrogens is 286 g/mol. The first-order valence-corrected chi connectivity index (χ1v) is 8.29. The zero-order valence-corrected chi connectivity index (χ0v) is 13.4. The molecule has 1 aliphatic rings.